The topological polar surface area (TPSA) is 49.8 Å². The number of ether oxygens (including phenoxy) is 1. The minimum absolute atomic E-state index is 0.350. The van der Waals surface area contributed by atoms with Crippen molar-refractivity contribution in [3.63, 3.8) is 0 Å². The molecule has 0 bridgehead atoms. The van der Waals surface area contributed by atoms with Crippen LogP contribution in [0.5, 0.6) is 0 Å². The van der Waals surface area contributed by atoms with Gasteiger partial charge in [-0.3, -0.25) is 0 Å². The van der Waals surface area contributed by atoms with Crippen LogP contribution in [-0.2, 0) is 4.74 Å². The molecule has 0 aromatic carbocycles. The molecular weight excluding hydrogens is 285 g/mol. The van der Waals surface area contributed by atoms with Crippen LogP contribution in [0.1, 0.15) is 20.8 Å². The highest BCUT2D eigenvalue weighted by Crippen LogP contribution is 2.28. The summed E-state index contributed by atoms with van der Waals surface area (Å²) in [5.74, 6) is 0. The van der Waals surface area contributed by atoms with Crippen molar-refractivity contribution in [3.05, 3.63) is 0 Å². The number of rotatable bonds is 0. The third kappa shape index (κ3) is 3.30. The second-order valence-corrected chi connectivity index (χ2v) is 6.26. The van der Waals surface area contributed by atoms with Crippen LogP contribution >= 0.6 is 22.6 Å². The Kier molecular flexibility index (Phi) is 2.78. The maximum atomic E-state index is 11.3. The molecule has 0 spiro atoms. The fraction of sp³-hybridized carbons (Fsp3) is 0.875. The minimum atomic E-state index is -0.755. The van der Waals surface area contributed by atoms with Gasteiger partial charge in [0.1, 0.15) is 5.60 Å². The van der Waals surface area contributed by atoms with Gasteiger partial charge in [-0.25, -0.2) is 4.79 Å². The first-order valence-electron chi connectivity index (χ1n) is 4.09. The van der Waals surface area contributed by atoms with Gasteiger partial charge in [-0.15, -0.1) is 0 Å². The van der Waals surface area contributed by atoms with Crippen LogP contribution in [0.4, 0.5) is 4.79 Å². The number of aliphatic hydroxyl groups is 1. The number of nitrogens with zero attached hydrogens (tertiary/aromatic N) is 1. The molecule has 4 nitrogen and oxygen atoms in total. The van der Waals surface area contributed by atoms with Crippen LogP contribution in [0.25, 0.3) is 0 Å². The third-order valence-electron chi connectivity index (χ3n) is 1.52. The van der Waals surface area contributed by atoms with E-state index in [-0.39, 0.29) is 6.09 Å². The maximum absolute atomic E-state index is 11.3. The van der Waals surface area contributed by atoms with Gasteiger partial charge in [-0.05, 0) is 43.4 Å². The van der Waals surface area contributed by atoms with E-state index in [2.05, 4.69) is 0 Å². The molecule has 0 aromatic heterocycles. The molecule has 76 valence electrons. The lowest BCUT2D eigenvalue weighted by Gasteiger charge is -2.42. The van der Waals surface area contributed by atoms with E-state index in [9.17, 15) is 9.90 Å². The van der Waals surface area contributed by atoms with Gasteiger partial charge in [0.05, 0.1) is 13.1 Å². The summed E-state index contributed by atoms with van der Waals surface area (Å²) in [6.45, 7) is 6.16. The fourth-order valence-electron chi connectivity index (χ4n) is 0.994. The van der Waals surface area contributed by atoms with Crippen molar-refractivity contribution in [2.45, 2.75) is 30.0 Å². The summed E-state index contributed by atoms with van der Waals surface area (Å²) in [4.78, 5) is 12.8. The molecule has 0 radical (unpaired) electrons. The molecular formula is C8H14INO3. The lowest BCUT2D eigenvalue weighted by Crippen LogP contribution is -2.60. The zero-order valence-corrected chi connectivity index (χ0v) is 10.2. The Labute approximate surface area is 91.4 Å². The molecule has 0 aromatic rings. The fourth-order valence-corrected chi connectivity index (χ4v) is 1.82. The van der Waals surface area contributed by atoms with Gasteiger partial charge < -0.3 is 14.7 Å². The smallest absolute Gasteiger partial charge is 0.410 e. The standard InChI is InChI=1S/C8H14INO3/c1-7(2,3)13-6(11)10-4-8(9,12)5-10/h12H,4-5H2,1-3H3. The van der Waals surface area contributed by atoms with E-state index < -0.39 is 9.21 Å². The minimum Gasteiger partial charge on any atom is -0.444 e. The number of alkyl halides is 1. The molecule has 1 aliphatic heterocycles. The number of hydrogen-bond acceptors (Lipinski definition) is 3. The van der Waals surface area contributed by atoms with E-state index in [0.717, 1.165) is 0 Å². The van der Waals surface area contributed by atoms with E-state index in [1.165, 1.54) is 4.90 Å². The molecule has 5 heteroatoms. The molecule has 0 saturated carbocycles. The Bertz CT molecular complexity index is 214. The van der Waals surface area contributed by atoms with Crippen molar-refractivity contribution in [3.8, 4) is 0 Å². The Morgan fingerprint density at radius 3 is 2.31 bits per heavy atom. The normalized spacial score (nSPS) is 20.8. The first-order valence-corrected chi connectivity index (χ1v) is 5.17. The summed E-state index contributed by atoms with van der Waals surface area (Å²) in [7, 11) is 0. The SMILES string of the molecule is CC(C)(C)OC(=O)N1CC(O)(I)C1. The van der Waals surface area contributed by atoms with Crippen molar-refractivity contribution >= 4 is 28.7 Å². The van der Waals surface area contributed by atoms with Crippen molar-refractivity contribution in [2.75, 3.05) is 13.1 Å². The van der Waals surface area contributed by atoms with Gasteiger partial charge >= 0.3 is 6.09 Å². The first-order chi connectivity index (χ1) is 5.70. The van der Waals surface area contributed by atoms with Crippen molar-refractivity contribution in [2.24, 2.45) is 0 Å². The average Bonchev–Trinajstić information content (AvgIpc) is 1.77. The Hall–Kier alpha value is -0.0400. The summed E-state index contributed by atoms with van der Waals surface area (Å²) < 4.78 is 4.35. The van der Waals surface area contributed by atoms with E-state index in [0.29, 0.717) is 13.1 Å². The molecule has 1 N–H and O–H groups in total. The molecule has 13 heavy (non-hydrogen) atoms. The van der Waals surface area contributed by atoms with Gasteiger partial charge in [0.2, 0.25) is 0 Å². The van der Waals surface area contributed by atoms with Crippen LogP contribution in [0.3, 0.4) is 0 Å². The first kappa shape index (κ1) is 11.0. The van der Waals surface area contributed by atoms with Gasteiger partial charge in [-0.1, -0.05) is 0 Å². The molecule has 1 aliphatic rings. The Morgan fingerprint density at radius 2 is 2.00 bits per heavy atom. The van der Waals surface area contributed by atoms with Crippen LogP contribution in [0.2, 0.25) is 0 Å². The summed E-state index contributed by atoms with van der Waals surface area (Å²) in [6.07, 6.45) is -0.353. The van der Waals surface area contributed by atoms with Gasteiger partial charge in [0.15, 0.2) is 3.61 Å². The predicted octanol–water partition coefficient (Wildman–Crippen LogP) is 1.36. The number of carbonyl (C=O) groups excluding carboxylic acids is 1. The highest BCUT2D eigenvalue weighted by Gasteiger charge is 2.42. The average molecular weight is 299 g/mol. The third-order valence-corrected chi connectivity index (χ3v) is 2.20. The molecule has 1 rings (SSSR count). The maximum Gasteiger partial charge on any atom is 0.410 e. The van der Waals surface area contributed by atoms with Crippen LogP contribution < -0.4 is 0 Å². The number of β-amino-alcohol motifs (C(OH)–C–C–N with tert-alkyl or cyclic N) is 1. The highest BCUT2D eigenvalue weighted by molar-refractivity contribution is 14.1. The van der Waals surface area contributed by atoms with Crippen molar-refractivity contribution < 1.29 is 14.6 Å². The lowest BCUT2D eigenvalue weighted by atomic mass is 10.2. The summed E-state index contributed by atoms with van der Waals surface area (Å²) >= 11 is 1.92. The summed E-state index contributed by atoms with van der Waals surface area (Å²) in [5, 5.41) is 9.37. The second-order valence-electron chi connectivity index (χ2n) is 4.25. The van der Waals surface area contributed by atoms with E-state index >= 15 is 0 Å². The second kappa shape index (κ2) is 3.27. The number of carbonyl (C=O) groups is 1. The van der Waals surface area contributed by atoms with Gasteiger partial charge in [0, 0.05) is 0 Å². The van der Waals surface area contributed by atoms with Crippen LogP contribution in [-0.4, -0.2) is 38.4 Å². The Balaban J connectivity index is 2.36. The van der Waals surface area contributed by atoms with Crippen LogP contribution in [0.15, 0.2) is 0 Å². The monoisotopic (exact) mass is 299 g/mol. The molecule has 1 fully saturated rings. The molecule has 0 aliphatic carbocycles. The van der Waals surface area contributed by atoms with Gasteiger partial charge in [0.25, 0.3) is 0 Å². The van der Waals surface area contributed by atoms with Crippen molar-refractivity contribution in [1.82, 2.24) is 4.90 Å². The molecule has 0 unspecified atom stereocenters. The number of amides is 1. The number of halogens is 1. The molecule has 1 saturated heterocycles. The van der Waals surface area contributed by atoms with Gasteiger partial charge in [-0.2, -0.15) is 0 Å². The zero-order chi connectivity index (χ0) is 10.3. The predicted molar refractivity (Wildman–Crippen MR) is 56.8 cm³/mol. The summed E-state index contributed by atoms with van der Waals surface area (Å²) in [5.41, 5.74) is -0.462. The summed E-state index contributed by atoms with van der Waals surface area (Å²) in [6, 6.07) is 0. The number of likely N-dealkylation sites (tertiary alicyclic amines) is 1. The molecule has 1 amide bonds. The van der Waals surface area contributed by atoms with E-state index in [1.807, 2.05) is 43.4 Å². The zero-order valence-electron chi connectivity index (χ0n) is 8.00. The lowest BCUT2D eigenvalue weighted by molar-refractivity contribution is -0.0379. The molecule has 1 heterocycles. The Morgan fingerprint density at radius 1 is 1.54 bits per heavy atom. The van der Waals surface area contributed by atoms with Crippen molar-refractivity contribution in [1.29, 1.82) is 0 Å². The molecule has 0 atom stereocenters. The largest absolute Gasteiger partial charge is 0.444 e. The highest BCUT2D eigenvalue weighted by atomic mass is 127. The quantitative estimate of drug-likeness (QED) is 0.543. The van der Waals surface area contributed by atoms with Crippen LogP contribution in [0, 0.1) is 0 Å². The number of hydrogen-bond donors (Lipinski definition) is 1. The van der Waals surface area contributed by atoms with E-state index in [4.69, 9.17) is 4.74 Å². The van der Waals surface area contributed by atoms with E-state index in [1.54, 1.807) is 0 Å².